The van der Waals surface area contributed by atoms with E-state index < -0.39 is 11.4 Å². The number of rotatable bonds is 5. The second-order valence-electron chi connectivity index (χ2n) is 4.80. The van der Waals surface area contributed by atoms with Gasteiger partial charge in [0, 0.05) is 17.1 Å². The van der Waals surface area contributed by atoms with Crippen LogP contribution in [0.25, 0.3) is 6.08 Å². The van der Waals surface area contributed by atoms with Crippen molar-refractivity contribution in [2.45, 2.75) is 13.8 Å². The highest BCUT2D eigenvalue weighted by Gasteiger charge is 2.27. The van der Waals surface area contributed by atoms with Crippen LogP contribution in [0.3, 0.4) is 0 Å². The van der Waals surface area contributed by atoms with Crippen LogP contribution in [0.5, 0.6) is 0 Å². The zero-order valence-corrected chi connectivity index (χ0v) is 12.4. The SMILES string of the molecule is CC(C)(CNC(=O)/C=C/c1cccc(Br)c1)C(=O)O. The smallest absolute Gasteiger partial charge is 0.310 e. The molecule has 1 aromatic rings. The number of aliphatic carboxylic acids is 1. The van der Waals surface area contributed by atoms with Gasteiger partial charge in [0.15, 0.2) is 0 Å². The molecule has 19 heavy (non-hydrogen) atoms. The minimum atomic E-state index is -0.973. The first-order valence-electron chi connectivity index (χ1n) is 5.76. The fourth-order valence-corrected chi connectivity index (χ4v) is 1.64. The van der Waals surface area contributed by atoms with Gasteiger partial charge in [0.2, 0.25) is 5.91 Å². The lowest BCUT2D eigenvalue weighted by atomic mass is 9.94. The third-order valence-corrected chi connectivity index (χ3v) is 3.05. The van der Waals surface area contributed by atoms with Crippen LogP contribution in [0.4, 0.5) is 0 Å². The molecule has 102 valence electrons. The zero-order valence-electron chi connectivity index (χ0n) is 10.8. The maximum Gasteiger partial charge on any atom is 0.310 e. The van der Waals surface area contributed by atoms with E-state index in [1.807, 2.05) is 24.3 Å². The average molecular weight is 326 g/mol. The van der Waals surface area contributed by atoms with Gasteiger partial charge in [0.1, 0.15) is 0 Å². The summed E-state index contributed by atoms with van der Waals surface area (Å²) in [6, 6.07) is 7.52. The molecule has 0 bridgehead atoms. The number of amides is 1. The summed E-state index contributed by atoms with van der Waals surface area (Å²) in [5, 5.41) is 11.5. The summed E-state index contributed by atoms with van der Waals surface area (Å²) in [5.41, 5.74) is -0.0822. The maximum absolute atomic E-state index is 11.6. The fraction of sp³-hybridized carbons (Fsp3) is 0.286. The highest BCUT2D eigenvalue weighted by atomic mass is 79.9. The van der Waals surface area contributed by atoms with E-state index in [0.29, 0.717) is 0 Å². The van der Waals surface area contributed by atoms with E-state index in [1.54, 1.807) is 19.9 Å². The van der Waals surface area contributed by atoms with Crippen LogP contribution in [-0.2, 0) is 9.59 Å². The molecule has 1 aromatic carbocycles. The van der Waals surface area contributed by atoms with E-state index in [4.69, 9.17) is 5.11 Å². The van der Waals surface area contributed by atoms with Crippen LogP contribution in [0.15, 0.2) is 34.8 Å². The molecule has 1 amide bonds. The van der Waals surface area contributed by atoms with E-state index >= 15 is 0 Å². The molecule has 4 nitrogen and oxygen atoms in total. The van der Waals surface area contributed by atoms with Gasteiger partial charge in [-0.15, -0.1) is 0 Å². The highest BCUT2D eigenvalue weighted by molar-refractivity contribution is 9.10. The largest absolute Gasteiger partial charge is 0.481 e. The molecule has 1 rings (SSSR count). The molecule has 0 aliphatic carbocycles. The van der Waals surface area contributed by atoms with E-state index in [2.05, 4.69) is 21.2 Å². The van der Waals surface area contributed by atoms with Crippen LogP contribution < -0.4 is 5.32 Å². The maximum atomic E-state index is 11.6. The standard InChI is InChI=1S/C14H16BrNO3/c1-14(2,13(18)19)9-16-12(17)7-6-10-4-3-5-11(15)8-10/h3-8H,9H2,1-2H3,(H,16,17)(H,18,19)/b7-6+. The van der Waals surface area contributed by atoms with Crippen molar-refractivity contribution in [1.82, 2.24) is 5.32 Å². The lowest BCUT2D eigenvalue weighted by Gasteiger charge is -2.18. The molecule has 0 saturated carbocycles. The molecule has 5 heteroatoms. The van der Waals surface area contributed by atoms with E-state index in [1.165, 1.54) is 6.08 Å². The van der Waals surface area contributed by atoms with Crippen molar-refractivity contribution in [3.63, 3.8) is 0 Å². The Kier molecular flexibility index (Phi) is 5.30. The Morgan fingerprint density at radius 3 is 2.68 bits per heavy atom. The van der Waals surface area contributed by atoms with Crippen LogP contribution in [0, 0.1) is 5.41 Å². The minimum absolute atomic E-state index is 0.0873. The number of hydrogen-bond acceptors (Lipinski definition) is 2. The summed E-state index contributed by atoms with van der Waals surface area (Å²) in [7, 11) is 0. The van der Waals surface area contributed by atoms with Gasteiger partial charge in [0.25, 0.3) is 0 Å². The highest BCUT2D eigenvalue weighted by Crippen LogP contribution is 2.14. The molecule has 0 atom stereocenters. The third-order valence-electron chi connectivity index (χ3n) is 2.56. The predicted molar refractivity (Wildman–Crippen MR) is 77.6 cm³/mol. The Labute approximate surface area is 120 Å². The topological polar surface area (TPSA) is 66.4 Å². The minimum Gasteiger partial charge on any atom is -0.481 e. The zero-order chi connectivity index (χ0) is 14.5. The normalized spacial score (nSPS) is 11.5. The molecule has 0 aromatic heterocycles. The number of carbonyl (C=O) groups excluding carboxylic acids is 1. The lowest BCUT2D eigenvalue weighted by molar-refractivity contribution is -0.146. The molecule has 0 heterocycles. The molecule has 0 aliphatic heterocycles. The first kappa shape index (κ1) is 15.4. The molecule has 0 spiro atoms. The molecule has 2 N–H and O–H groups in total. The molecule has 0 fully saturated rings. The molecule has 0 radical (unpaired) electrons. The summed E-state index contributed by atoms with van der Waals surface area (Å²) in [5.74, 6) is -1.25. The number of halogens is 1. The second-order valence-corrected chi connectivity index (χ2v) is 5.71. The number of carbonyl (C=O) groups is 2. The number of nitrogens with one attached hydrogen (secondary N) is 1. The van der Waals surface area contributed by atoms with Gasteiger partial charge in [0.05, 0.1) is 5.41 Å². The van der Waals surface area contributed by atoms with Gasteiger partial charge in [-0.25, -0.2) is 0 Å². The van der Waals surface area contributed by atoms with Gasteiger partial charge < -0.3 is 10.4 Å². The van der Waals surface area contributed by atoms with Crippen LogP contribution in [0.2, 0.25) is 0 Å². The number of hydrogen-bond donors (Lipinski definition) is 2. The van der Waals surface area contributed by atoms with Crippen molar-refractivity contribution < 1.29 is 14.7 Å². The molecular formula is C14H16BrNO3. The van der Waals surface area contributed by atoms with Gasteiger partial charge in [-0.2, -0.15) is 0 Å². The van der Waals surface area contributed by atoms with Crippen molar-refractivity contribution in [2.24, 2.45) is 5.41 Å². The second kappa shape index (κ2) is 6.52. The van der Waals surface area contributed by atoms with Crippen molar-refractivity contribution in [3.05, 3.63) is 40.4 Å². The third kappa shape index (κ3) is 5.26. The van der Waals surface area contributed by atoms with E-state index in [-0.39, 0.29) is 12.5 Å². The van der Waals surface area contributed by atoms with Gasteiger partial charge >= 0.3 is 5.97 Å². The summed E-state index contributed by atoms with van der Waals surface area (Å²) in [4.78, 5) is 22.4. The van der Waals surface area contributed by atoms with Gasteiger partial charge in [-0.3, -0.25) is 9.59 Å². The van der Waals surface area contributed by atoms with Crippen molar-refractivity contribution in [2.75, 3.05) is 6.54 Å². The number of benzene rings is 1. The molecule has 0 unspecified atom stereocenters. The molecular weight excluding hydrogens is 310 g/mol. The van der Waals surface area contributed by atoms with Crippen LogP contribution in [-0.4, -0.2) is 23.5 Å². The fourth-order valence-electron chi connectivity index (χ4n) is 1.22. The first-order chi connectivity index (χ1) is 8.81. The van der Waals surface area contributed by atoms with E-state index in [0.717, 1.165) is 10.0 Å². The van der Waals surface area contributed by atoms with E-state index in [9.17, 15) is 9.59 Å². The predicted octanol–water partition coefficient (Wildman–Crippen LogP) is 2.69. The van der Waals surface area contributed by atoms with Crippen molar-refractivity contribution in [1.29, 1.82) is 0 Å². The summed E-state index contributed by atoms with van der Waals surface area (Å²) < 4.78 is 0.932. The first-order valence-corrected chi connectivity index (χ1v) is 6.55. The summed E-state index contributed by atoms with van der Waals surface area (Å²) in [6.45, 7) is 3.21. The Morgan fingerprint density at radius 1 is 1.42 bits per heavy atom. The Balaban J connectivity index is 2.54. The van der Waals surface area contributed by atoms with Crippen molar-refractivity contribution >= 4 is 33.9 Å². The Bertz CT molecular complexity index is 509. The Morgan fingerprint density at radius 2 is 2.11 bits per heavy atom. The number of carboxylic acids is 1. The average Bonchev–Trinajstić information content (AvgIpc) is 2.34. The van der Waals surface area contributed by atoms with Crippen LogP contribution >= 0.6 is 15.9 Å². The van der Waals surface area contributed by atoms with Crippen LogP contribution in [0.1, 0.15) is 19.4 Å². The quantitative estimate of drug-likeness (QED) is 0.818. The lowest BCUT2D eigenvalue weighted by Crippen LogP contribution is -2.38. The Hall–Kier alpha value is -1.62. The number of carboxylic acid groups (broad SMARTS) is 1. The van der Waals surface area contributed by atoms with Gasteiger partial charge in [-0.05, 0) is 37.6 Å². The summed E-state index contributed by atoms with van der Waals surface area (Å²) in [6.07, 6.45) is 3.06. The van der Waals surface area contributed by atoms with Crippen molar-refractivity contribution in [3.8, 4) is 0 Å². The van der Waals surface area contributed by atoms with Gasteiger partial charge in [-0.1, -0.05) is 28.1 Å². The summed E-state index contributed by atoms with van der Waals surface area (Å²) >= 11 is 3.34. The molecule has 0 aliphatic rings. The molecule has 0 saturated heterocycles. The monoisotopic (exact) mass is 325 g/mol.